The highest BCUT2D eigenvalue weighted by atomic mass is 32.2. The van der Waals surface area contributed by atoms with Gasteiger partial charge in [-0.1, -0.05) is 0 Å². The summed E-state index contributed by atoms with van der Waals surface area (Å²) in [6.45, 7) is 1.69. The van der Waals surface area contributed by atoms with Gasteiger partial charge in [-0.2, -0.15) is 0 Å². The van der Waals surface area contributed by atoms with Crippen LogP contribution in [-0.2, 0) is 11.1 Å². The predicted octanol–water partition coefficient (Wildman–Crippen LogP) is -0.0439. The standard InChI is InChI=1S/C4H6N2O2S/c1-3-5-2-4(6-3)9(7)8/h2H,1H3,(H,5,6)(H,7,8)/p-1. The first kappa shape index (κ1) is 6.44. The molecule has 1 N–H and O–H groups in total. The summed E-state index contributed by atoms with van der Waals surface area (Å²) in [4.78, 5) is 6.24. The number of H-pyrrole nitrogens is 1. The summed E-state index contributed by atoms with van der Waals surface area (Å²) in [6.07, 6.45) is 1.28. The molecule has 1 rings (SSSR count). The maximum Gasteiger partial charge on any atom is 0.109 e. The molecule has 1 aromatic heterocycles. The van der Waals surface area contributed by atoms with Crippen molar-refractivity contribution in [3.8, 4) is 0 Å². The molecule has 0 spiro atoms. The van der Waals surface area contributed by atoms with Gasteiger partial charge in [-0.3, -0.25) is 4.21 Å². The van der Waals surface area contributed by atoms with Gasteiger partial charge in [-0.05, 0) is 18.0 Å². The van der Waals surface area contributed by atoms with E-state index in [4.69, 9.17) is 0 Å². The molecule has 0 saturated heterocycles. The van der Waals surface area contributed by atoms with Crippen LogP contribution in [-0.4, -0.2) is 18.7 Å². The first-order valence-electron chi connectivity index (χ1n) is 2.31. The third-order valence-corrected chi connectivity index (χ3v) is 1.43. The molecule has 4 nitrogen and oxygen atoms in total. The molecule has 5 heteroatoms. The Hall–Kier alpha value is -0.680. The van der Waals surface area contributed by atoms with Gasteiger partial charge in [0.15, 0.2) is 0 Å². The van der Waals surface area contributed by atoms with Gasteiger partial charge in [0.05, 0.1) is 6.20 Å². The normalized spacial score (nSPS) is 13.6. The number of aromatic nitrogens is 2. The largest absolute Gasteiger partial charge is 0.767 e. The van der Waals surface area contributed by atoms with Gasteiger partial charge in [0.2, 0.25) is 0 Å². The van der Waals surface area contributed by atoms with E-state index in [1.54, 1.807) is 6.92 Å². The van der Waals surface area contributed by atoms with Crippen LogP contribution in [0.3, 0.4) is 0 Å². The van der Waals surface area contributed by atoms with E-state index in [0.29, 0.717) is 5.82 Å². The Labute approximate surface area is 54.6 Å². The summed E-state index contributed by atoms with van der Waals surface area (Å²) >= 11 is -2.18. The Kier molecular flexibility index (Phi) is 1.63. The van der Waals surface area contributed by atoms with E-state index in [-0.39, 0.29) is 5.03 Å². The first-order chi connectivity index (χ1) is 4.20. The van der Waals surface area contributed by atoms with Gasteiger partial charge in [-0.15, -0.1) is 0 Å². The number of aryl methyl sites for hydroxylation is 1. The number of hydrogen-bond acceptors (Lipinski definition) is 3. The quantitative estimate of drug-likeness (QED) is 0.563. The predicted molar refractivity (Wildman–Crippen MR) is 30.5 cm³/mol. The molecule has 0 saturated carbocycles. The van der Waals surface area contributed by atoms with E-state index >= 15 is 0 Å². The van der Waals surface area contributed by atoms with Crippen LogP contribution in [0, 0.1) is 6.92 Å². The number of imidazole rings is 1. The average molecular weight is 145 g/mol. The van der Waals surface area contributed by atoms with Crippen molar-refractivity contribution >= 4 is 11.1 Å². The molecular formula is C4H5N2O2S-. The molecule has 0 aliphatic rings. The van der Waals surface area contributed by atoms with Gasteiger partial charge in [-0.25, -0.2) is 4.98 Å². The fourth-order valence-electron chi connectivity index (χ4n) is 0.483. The molecule has 0 radical (unpaired) electrons. The fourth-order valence-corrected chi connectivity index (χ4v) is 0.853. The zero-order valence-electron chi connectivity index (χ0n) is 4.75. The van der Waals surface area contributed by atoms with E-state index in [9.17, 15) is 8.76 Å². The lowest BCUT2D eigenvalue weighted by molar-refractivity contribution is 0.534. The molecule has 0 amide bonds. The third kappa shape index (κ3) is 1.36. The molecule has 0 aliphatic heterocycles. The van der Waals surface area contributed by atoms with E-state index in [0.717, 1.165) is 0 Å². The Morgan fingerprint density at radius 1 is 1.89 bits per heavy atom. The van der Waals surface area contributed by atoms with Crippen molar-refractivity contribution in [1.82, 2.24) is 9.97 Å². The number of rotatable bonds is 1. The number of nitrogens with one attached hydrogen (secondary N) is 1. The first-order valence-corrected chi connectivity index (χ1v) is 3.38. The van der Waals surface area contributed by atoms with Gasteiger partial charge in [0, 0.05) is 0 Å². The molecule has 50 valence electrons. The van der Waals surface area contributed by atoms with E-state index in [1.807, 2.05) is 0 Å². The third-order valence-electron chi connectivity index (χ3n) is 0.859. The SMILES string of the molecule is Cc1ncc(S(=O)[O-])[nH]1. The Balaban J connectivity index is 2.98. The van der Waals surface area contributed by atoms with Crippen LogP contribution < -0.4 is 0 Å². The lowest BCUT2D eigenvalue weighted by Crippen LogP contribution is -1.87. The second-order valence-corrected chi connectivity index (χ2v) is 2.48. The number of aromatic amines is 1. The van der Waals surface area contributed by atoms with Crippen LogP contribution in [0.15, 0.2) is 11.2 Å². The Bertz CT molecular complexity index is 232. The van der Waals surface area contributed by atoms with Crippen molar-refractivity contribution in [1.29, 1.82) is 0 Å². The lowest BCUT2D eigenvalue weighted by atomic mass is 10.8. The number of hydrogen-bond donors (Lipinski definition) is 1. The molecule has 1 atom stereocenters. The van der Waals surface area contributed by atoms with Crippen LogP contribution in [0.4, 0.5) is 0 Å². The molecule has 9 heavy (non-hydrogen) atoms. The van der Waals surface area contributed by atoms with Crippen molar-refractivity contribution in [2.75, 3.05) is 0 Å². The average Bonchev–Trinajstić information content (AvgIpc) is 2.14. The summed E-state index contributed by atoms with van der Waals surface area (Å²) in [7, 11) is 0. The molecule has 0 bridgehead atoms. The summed E-state index contributed by atoms with van der Waals surface area (Å²) < 4.78 is 20.3. The molecule has 1 heterocycles. The molecule has 1 unspecified atom stereocenters. The van der Waals surface area contributed by atoms with Crippen molar-refractivity contribution in [3.05, 3.63) is 12.0 Å². The second-order valence-electron chi connectivity index (χ2n) is 1.57. The molecule has 1 aromatic rings. The highest BCUT2D eigenvalue weighted by molar-refractivity contribution is 7.79. The molecule has 0 aliphatic carbocycles. The van der Waals surface area contributed by atoms with Gasteiger partial charge in [0.25, 0.3) is 0 Å². The minimum absolute atomic E-state index is 0.132. The Morgan fingerprint density at radius 2 is 2.56 bits per heavy atom. The summed E-state index contributed by atoms with van der Waals surface area (Å²) in [6, 6.07) is 0. The maximum absolute atomic E-state index is 10.1. The van der Waals surface area contributed by atoms with Crippen LogP contribution in [0.25, 0.3) is 0 Å². The van der Waals surface area contributed by atoms with Crippen molar-refractivity contribution < 1.29 is 8.76 Å². The van der Waals surface area contributed by atoms with Crippen LogP contribution >= 0.6 is 0 Å². The monoisotopic (exact) mass is 145 g/mol. The maximum atomic E-state index is 10.1. The Morgan fingerprint density at radius 3 is 2.78 bits per heavy atom. The van der Waals surface area contributed by atoms with E-state index < -0.39 is 11.1 Å². The zero-order valence-corrected chi connectivity index (χ0v) is 5.57. The van der Waals surface area contributed by atoms with Gasteiger partial charge < -0.3 is 9.54 Å². The van der Waals surface area contributed by atoms with Crippen molar-refractivity contribution in [3.63, 3.8) is 0 Å². The fraction of sp³-hybridized carbons (Fsp3) is 0.250. The van der Waals surface area contributed by atoms with Crippen LogP contribution in [0.2, 0.25) is 0 Å². The molecule has 0 fully saturated rings. The smallest absolute Gasteiger partial charge is 0.109 e. The van der Waals surface area contributed by atoms with E-state index in [1.165, 1.54) is 6.20 Å². The summed E-state index contributed by atoms with van der Waals surface area (Å²) in [5.41, 5.74) is 0. The van der Waals surface area contributed by atoms with Crippen molar-refractivity contribution in [2.24, 2.45) is 0 Å². The minimum atomic E-state index is -2.18. The van der Waals surface area contributed by atoms with Gasteiger partial charge >= 0.3 is 0 Å². The lowest BCUT2D eigenvalue weighted by Gasteiger charge is -1.97. The highest BCUT2D eigenvalue weighted by Crippen LogP contribution is 1.98. The molecule has 0 aromatic carbocycles. The molecular weight excluding hydrogens is 140 g/mol. The van der Waals surface area contributed by atoms with Gasteiger partial charge in [0.1, 0.15) is 10.9 Å². The zero-order chi connectivity index (χ0) is 6.85. The minimum Gasteiger partial charge on any atom is -0.767 e. The van der Waals surface area contributed by atoms with Crippen LogP contribution in [0.1, 0.15) is 5.82 Å². The van der Waals surface area contributed by atoms with E-state index in [2.05, 4.69) is 9.97 Å². The summed E-state index contributed by atoms with van der Waals surface area (Å²) in [5, 5.41) is 0.132. The number of nitrogens with zero attached hydrogens (tertiary/aromatic N) is 1. The van der Waals surface area contributed by atoms with Crippen molar-refractivity contribution in [2.45, 2.75) is 11.9 Å². The topological polar surface area (TPSA) is 68.8 Å². The van der Waals surface area contributed by atoms with Crippen LogP contribution in [0.5, 0.6) is 0 Å². The highest BCUT2D eigenvalue weighted by Gasteiger charge is 1.93. The second kappa shape index (κ2) is 2.28. The summed E-state index contributed by atoms with van der Waals surface area (Å²) in [5.74, 6) is 0.606.